The summed E-state index contributed by atoms with van der Waals surface area (Å²) in [4.78, 5) is 44.9. The van der Waals surface area contributed by atoms with Crippen molar-refractivity contribution in [3.05, 3.63) is 61.2 Å². The number of rotatable bonds is 12. The minimum atomic E-state index is -1.14. The van der Waals surface area contributed by atoms with Crippen LogP contribution in [-0.2, 0) is 30.4 Å². The fourth-order valence-corrected chi connectivity index (χ4v) is 6.56. The summed E-state index contributed by atoms with van der Waals surface area (Å²) in [5.74, 6) is -2.70. The summed E-state index contributed by atoms with van der Waals surface area (Å²) >= 11 is 0. The Balaban J connectivity index is 1.73. The molecule has 0 aliphatic carbocycles. The molecule has 37 heavy (non-hydrogen) atoms. The van der Waals surface area contributed by atoms with Gasteiger partial charge in [0.15, 0.2) is 0 Å². The molecule has 4 rings (SSSR count). The molecule has 1 N–H and O–H groups in total. The zero-order valence-electron chi connectivity index (χ0n) is 21.8. The second-order valence-electron chi connectivity index (χ2n) is 10.6. The van der Waals surface area contributed by atoms with Gasteiger partial charge >= 0.3 is 5.97 Å². The Bertz CT molecular complexity index is 1040. The Morgan fingerprint density at radius 1 is 1.27 bits per heavy atom. The van der Waals surface area contributed by atoms with Gasteiger partial charge in [0.25, 0.3) is 0 Å². The fourth-order valence-electron chi connectivity index (χ4n) is 6.56. The molecule has 3 unspecified atom stereocenters. The van der Waals surface area contributed by atoms with Crippen LogP contribution in [0.5, 0.6) is 0 Å². The van der Waals surface area contributed by atoms with Gasteiger partial charge in [0.2, 0.25) is 11.8 Å². The summed E-state index contributed by atoms with van der Waals surface area (Å²) in [5.41, 5.74) is -1.11. The number of ether oxygens (including phenoxy) is 2. The van der Waals surface area contributed by atoms with Crippen molar-refractivity contribution >= 4 is 17.8 Å². The third kappa shape index (κ3) is 4.50. The number of esters is 1. The van der Waals surface area contributed by atoms with Gasteiger partial charge in [-0.1, -0.05) is 49.4 Å². The third-order valence-corrected chi connectivity index (χ3v) is 8.30. The SMILES string of the molecule is C=CCCOC(=O)[C@H]1[C@H]2C(=O)N(CCCO)C(C(=O)N(CC=C)Cc3ccccc3)C23CC(C)[C@]1(C)O3. The number of benzene rings is 1. The van der Waals surface area contributed by atoms with E-state index in [-0.39, 0.29) is 37.5 Å². The van der Waals surface area contributed by atoms with Crippen LogP contribution in [0.15, 0.2) is 55.6 Å². The third-order valence-electron chi connectivity index (χ3n) is 8.30. The molecular weight excluding hydrogens is 472 g/mol. The van der Waals surface area contributed by atoms with Crippen molar-refractivity contribution in [2.24, 2.45) is 17.8 Å². The van der Waals surface area contributed by atoms with Crippen molar-refractivity contribution in [3.8, 4) is 0 Å². The summed E-state index contributed by atoms with van der Waals surface area (Å²) in [5, 5.41) is 9.54. The van der Waals surface area contributed by atoms with E-state index in [1.54, 1.807) is 17.1 Å². The molecule has 8 nitrogen and oxygen atoms in total. The molecule has 3 aliphatic heterocycles. The summed E-state index contributed by atoms with van der Waals surface area (Å²) < 4.78 is 12.3. The molecule has 1 aromatic rings. The van der Waals surface area contributed by atoms with Crippen LogP contribution in [0.1, 0.15) is 38.7 Å². The van der Waals surface area contributed by atoms with Crippen molar-refractivity contribution in [2.45, 2.75) is 56.9 Å². The van der Waals surface area contributed by atoms with E-state index in [1.807, 2.05) is 44.2 Å². The summed E-state index contributed by atoms with van der Waals surface area (Å²) in [6.07, 6.45) is 4.65. The Hall–Kier alpha value is -2.97. The average molecular weight is 511 g/mol. The van der Waals surface area contributed by atoms with Crippen LogP contribution in [0.25, 0.3) is 0 Å². The molecule has 0 aromatic heterocycles. The second-order valence-corrected chi connectivity index (χ2v) is 10.6. The molecule has 0 radical (unpaired) electrons. The molecule has 3 heterocycles. The van der Waals surface area contributed by atoms with Crippen molar-refractivity contribution < 1.29 is 29.0 Å². The van der Waals surface area contributed by atoms with E-state index in [0.717, 1.165) is 5.56 Å². The van der Waals surface area contributed by atoms with E-state index in [1.165, 1.54) is 4.90 Å². The number of hydrogen-bond acceptors (Lipinski definition) is 6. The Morgan fingerprint density at radius 2 is 2.00 bits per heavy atom. The number of nitrogens with zero attached hydrogens (tertiary/aromatic N) is 2. The van der Waals surface area contributed by atoms with Gasteiger partial charge in [-0.2, -0.15) is 0 Å². The Labute approximate surface area is 218 Å². The van der Waals surface area contributed by atoms with Crippen molar-refractivity contribution in [1.29, 1.82) is 0 Å². The highest BCUT2D eigenvalue weighted by atomic mass is 16.6. The maximum atomic E-state index is 14.3. The number of likely N-dealkylation sites (tertiary alicyclic amines) is 1. The number of aliphatic hydroxyl groups is 1. The number of carbonyl (C=O) groups excluding carboxylic acids is 3. The first-order valence-electron chi connectivity index (χ1n) is 13.1. The number of amides is 2. The molecule has 3 aliphatic rings. The monoisotopic (exact) mass is 510 g/mol. The van der Waals surface area contributed by atoms with Gasteiger partial charge < -0.3 is 24.4 Å². The molecule has 2 amide bonds. The number of carbonyl (C=O) groups is 3. The van der Waals surface area contributed by atoms with E-state index < -0.39 is 35.0 Å². The van der Waals surface area contributed by atoms with Crippen LogP contribution in [-0.4, -0.2) is 76.2 Å². The van der Waals surface area contributed by atoms with Crippen molar-refractivity contribution in [3.63, 3.8) is 0 Å². The van der Waals surface area contributed by atoms with Crippen molar-refractivity contribution in [1.82, 2.24) is 9.80 Å². The van der Waals surface area contributed by atoms with Crippen LogP contribution >= 0.6 is 0 Å². The first-order chi connectivity index (χ1) is 17.7. The molecule has 3 saturated heterocycles. The molecule has 2 bridgehead atoms. The van der Waals surface area contributed by atoms with Crippen LogP contribution < -0.4 is 0 Å². The summed E-state index contributed by atoms with van der Waals surface area (Å²) in [7, 11) is 0. The predicted molar refractivity (Wildman–Crippen MR) is 138 cm³/mol. The van der Waals surface area contributed by atoms with Gasteiger partial charge in [0, 0.05) is 26.2 Å². The highest BCUT2D eigenvalue weighted by molar-refractivity contribution is 5.98. The van der Waals surface area contributed by atoms with Crippen molar-refractivity contribution in [2.75, 3.05) is 26.3 Å². The topological polar surface area (TPSA) is 96.4 Å². The molecule has 0 saturated carbocycles. The normalized spacial score (nSPS) is 31.8. The highest BCUT2D eigenvalue weighted by Crippen LogP contribution is 2.65. The average Bonchev–Trinajstić information content (AvgIpc) is 3.39. The smallest absolute Gasteiger partial charge is 0.312 e. The van der Waals surface area contributed by atoms with Gasteiger partial charge in [0.05, 0.1) is 18.1 Å². The molecule has 200 valence electrons. The van der Waals surface area contributed by atoms with Gasteiger partial charge in [-0.25, -0.2) is 0 Å². The lowest BCUT2D eigenvalue weighted by Crippen LogP contribution is -2.56. The quantitative estimate of drug-likeness (QED) is 0.264. The van der Waals surface area contributed by atoms with Crippen LogP contribution in [0.4, 0.5) is 0 Å². The standard InChI is InChI=1S/C29H38N2O6/c1-5-7-17-36-27(35)23-22-25(33)31(15-11-16-32)24(29(22)18-20(3)28(23,4)37-29)26(34)30(14-6-2)19-21-12-9-8-10-13-21/h5-6,8-10,12-13,20,22-24,32H,1-2,7,11,14-19H2,3-4H3/t20?,22-,23+,24?,28-,29?/m0/s1. The maximum Gasteiger partial charge on any atom is 0.312 e. The van der Waals surface area contributed by atoms with Gasteiger partial charge in [-0.15, -0.1) is 13.2 Å². The number of aliphatic hydroxyl groups excluding tert-OH is 1. The minimum Gasteiger partial charge on any atom is -0.465 e. The largest absolute Gasteiger partial charge is 0.465 e. The summed E-state index contributed by atoms with van der Waals surface area (Å²) in [6.45, 7) is 12.3. The fraction of sp³-hybridized carbons (Fsp3) is 0.552. The maximum absolute atomic E-state index is 14.3. The molecule has 6 atom stereocenters. The van der Waals surface area contributed by atoms with E-state index >= 15 is 0 Å². The van der Waals surface area contributed by atoms with Crippen LogP contribution in [0.2, 0.25) is 0 Å². The zero-order valence-corrected chi connectivity index (χ0v) is 21.8. The Kier molecular flexibility index (Phi) is 7.90. The van der Waals surface area contributed by atoms with E-state index in [0.29, 0.717) is 32.4 Å². The highest BCUT2D eigenvalue weighted by Gasteiger charge is 2.80. The first kappa shape index (κ1) is 27.1. The van der Waals surface area contributed by atoms with Crippen LogP contribution in [0.3, 0.4) is 0 Å². The molecule has 3 fully saturated rings. The van der Waals surface area contributed by atoms with E-state index in [4.69, 9.17) is 9.47 Å². The lowest BCUT2D eigenvalue weighted by atomic mass is 9.62. The molecule has 8 heteroatoms. The Morgan fingerprint density at radius 3 is 2.65 bits per heavy atom. The van der Waals surface area contributed by atoms with E-state index in [9.17, 15) is 19.5 Å². The number of hydrogen-bond donors (Lipinski definition) is 1. The number of fused-ring (bicyclic) bond motifs is 1. The van der Waals surface area contributed by atoms with Crippen LogP contribution in [0, 0.1) is 17.8 Å². The van der Waals surface area contributed by atoms with Gasteiger partial charge in [0.1, 0.15) is 17.6 Å². The minimum absolute atomic E-state index is 0.0661. The molecule has 1 spiro atoms. The molecular formula is C29H38N2O6. The predicted octanol–water partition coefficient (Wildman–Crippen LogP) is 2.71. The zero-order chi connectivity index (χ0) is 26.8. The lowest BCUT2D eigenvalue weighted by Gasteiger charge is -2.37. The first-order valence-corrected chi connectivity index (χ1v) is 13.1. The van der Waals surface area contributed by atoms with Gasteiger partial charge in [-0.05, 0) is 37.7 Å². The summed E-state index contributed by atoms with van der Waals surface area (Å²) in [6, 6.07) is 8.74. The van der Waals surface area contributed by atoms with E-state index in [2.05, 4.69) is 13.2 Å². The lowest BCUT2D eigenvalue weighted by molar-refractivity contribution is -0.162. The molecule has 1 aromatic carbocycles. The van der Waals surface area contributed by atoms with Gasteiger partial charge in [-0.3, -0.25) is 14.4 Å². The second kappa shape index (κ2) is 10.8.